The summed E-state index contributed by atoms with van der Waals surface area (Å²) in [5.74, 6) is 0. The summed E-state index contributed by atoms with van der Waals surface area (Å²) in [4.78, 5) is 0. The van der Waals surface area contributed by atoms with Crippen molar-refractivity contribution in [3.63, 3.8) is 0 Å². The second-order valence-electron chi connectivity index (χ2n) is 8.59. The van der Waals surface area contributed by atoms with Gasteiger partial charge in [-0.3, -0.25) is 0 Å². The number of furan rings is 1. The number of benzene rings is 5. The Kier molecular flexibility index (Phi) is 3.31. The van der Waals surface area contributed by atoms with Crippen LogP contribution in [0, 0.1) is 0 Å². The topological polar surface area (TPSA) is 18.1 Å². The molecule has 154 valence electrons. The molecule has 0 fully saturated rings. The van der Waals surface area contributed by atoms with Gasteiger partial charge in [0.05, 0.1) is 11.0 Å². The summed E-state index contributed by atoms with van der Waals surface area (Å²) < 4.78 is 11.2. The van der Waals surface area contributed by atoms with Gasteiger partial charge in [0.2, 0.25) is 0 Å². The van der Waals surface area contributed by atoms with Crippen LogP contribution in [-0.2, 0) is 0 Å². The number of para-hydroxylation sites is 2. The van der Waals surface area contributed by atoms with Crippen LogP contribution in [0.5, 0.6) is 0 Å². The van der Waals surface area contributed by atoms with Crippen molar-refractivity contribution in [2.75, 3.05) is 0 Å². The number of nitrogens with zero attached hydrogens (tertiary/aromatic N) is 1. The van der Waals surface area contributed by atoms with E-state index in [4.69, 9.17) is 4.42 Å². The molecule has 0 aliphatic carbocycles. The molecular weight excluding hydrogens is 422 g/mol. The average molecular weight is 440 g/mol. The maximum atomic E-state index is 6.21. The standard InChI is InChI=1S/C30H17NOS/c1-4-10-25-19(7-1)23-16-24-22-9-3-6-12-29(22)33-30(24)17-26(23)31(25)18-13-14-21-20-8-2-5-11-27(20)32-28(21)15-18/h1-17H. The number of hydrogen-bond donors (Lipinski definition) is 0. The molecule has 0 bridgehead atoms. The van der Waals surface area contributed by atoms with Crippen LogP contribution in [-0.4, -0.2) is 4.57 Å². The highest BCUT2D eigenvalue weighted by Gasteiger charge is 2.16. The van der Waals surface area contributed by atoms with Crippen LogP contribution in [0.2, 0.25) is 0 Å². The van der Waals surface area contributed by atoms with E-state index in [1.54, 1.807) is 0 Å². The number of thiophene rings is 1. The lowest BCUT2D eigenvalue weighted by molar-refractivity contribution is 0.668. The molecule has 3 heteroatoms. The number of hydrogen-bond acceptors (Lipinski definition) is 2. The van der Waals surface area contributed by atoms with Gasteiger partial charge in [-0.15, -0.1) is 11.3 Å². The molecule has 0 N–H and O–H groups in total. The molecule has 33 heavy (non-hydrogen) atoms. The molecule has 0 saturated carbocycles. The van der Waals surface area contributed by atoms with Crippen molar-refractivity contribution in [1.82, 2.24) is 4.57 Å². The van der Waals surface area contributed by atoms with E-state index in [1.165, 1.54) is 42.0 Å². The minimum absolute atomic E-state index is 0.919. The van der Waals surface area contributed by atoms with E-state index < -0.39 is 0 Å². The fourth-order valence-corrected chi connectivity index (χ4v) is 6.44. The molecule has 8 aromatic rings. The van der Waals surface area contributed by atoms with E-state index in [9.17, 15) is 0 Å². The minimum Gasteiger partial charge on any atom is -0.456 e. The van der Waals surface area contributed by atoms with Gasteiger partial charge < -0.3 is 8.98 Å². The largest absolute Gasteiger partial charge is 0.456 e. The highest BCUT2D eigenvalue weighted by molar-refractivity contribution is 7.25. The van der Waals surface area contributed by atoms with Crippen LogP contribution < -0.4 is 0 Å². The summed E-state index contributed by atoms with van der Waals surface area (Å²) >= 11 is 1.86. The van der Waals surface area contributed by atoms with E-state index in [0.29, 0.717) is 0 Å². The Morgan fingerprint density at radius 1 is 0.485 bits per heavy atom. The second-order valence-corrected chi connectivity index (χ2v) is 9.68. The van der Waals surface area contributed by atoms with E-state index in [0.717, 1.165) is 27.6 Å². The van der Waals surface area contributed by atoms with E-state index in [-0.39, 0.29) is 0 Å². The van der Waals surface area contributed by atoms with Gasteiger partial charge in [-0.05, 0) is 42.5 Å². The highest BCUT2D eigenvalue weighted by atomic mass is 32.1. The molecule has 0 unspecified atom stereocenters. The van der Waals surface area contributed by atoms with Crippen molar-refractivity contribution in [2.24, 2.45) is 0 Å². The van der Waals surface area contributed by atoms with Gasteiger partial charge in [0.25, 0.3) is 0 Å². The molecular formula is C30H17NOS. The Hall–Kier alpha value is -4.08. The van der Waals surface area contributed by atoms with Gasteiger partial charge in [-0.2, -0.15) is 0 Å². The predicted molar refractivity (Wildman–Crippen MR) is 141 cm³/mol. The highest BCUT2D eigenvalue weighted by Crippen LogP contribution is 2.41. The van der Waals surface area contributed by atoms with Gasteiger partial charge >= 0.3 is 0 Å². The van der Waals surface area contributed by atoms with Crippen LogP contribution in [0.15, 0.2) is 108 Å². The van der Waals surface area contributed by atoms with Gasteiger partial charge in [-0.25, -0.2) is 0 Å². The predicted octanol–water partition coefficient (Wildman–Crippen LogP) is 9.05. The first kappa shape index (κ1) is 17.5. The van der Waals surface area contributed by atoms with Gasteiger partial charge in [0.1, 0.15) is 11.2 Å². The number of aromatic nitrogens is 1. The van der Waals surface area contributed by atoms with E-state index in [2.05, 4.69) is 95.6 Å². The summed E-state index contributed by atoms with van der Waals surface area (Å²) in [6.07, 6.45) is 0. The Bertz CT molecular complexity index is 2040. The zero-order valence-corrected chi connectivity index (χ0v) is 18.4. The molecule has 0 aliphatic heterocycles. The SMILES string of the molecule is c1ccc2c(c1)oc1cc(-n3c4ccccc4c4cc5c(cc43)sc3ccccc35)ccc12. The molecule has 0 spiro atoms. The van der Waals surface area contributed by atoms with Gasteiger partial charge in [0.15, 0.2) is 0 Å². The Labute approximate surface area is 192 Å². The van der Waals surface area contributed by atoms with Crippen molar-refractivity contribution in [3.05, 3.63) is 103 Å². The average Bonchev–Trinajstić information content (AvgIpc) is 3.51. The van der Waals surface area contributed by atoms with Crippen molar-refractivity contribution >= 4 is 75.3 Å². The molecule has 5 aromatic carbocycles. The molecule has 8 rings (SSSR count). The van der Waals surface area contributed by atoms with Crippen LogP contribution in [0.1, 0.15) is 0 Å². The summed E-state index contributed by atoms with van der Waals surface area (Å²) in [6.45, 7) is 0. The lowest BCUT2D eigenvalue weighted by atomic mass is 10.1. The molecule has 3 heterocycles. The maximum Gasteiger partial charge on any atom is 0.137 e. The Morgan fingerprint density at radius 3 is 2.18 bits per heavy atom. The summed E-state index contributed by atoms with van der Waals surface area (Å²) in [5, 5.41) is 7.54. The monoisotopic (exact) mass is 439 g/mol. The van der Waals surface area contributed by atoms with E-state index in [1.807, 2.05) is 23.5 Å². The zero-order chi connectivity index (χ0) is 21.5. The molecule has 0 amide bonds. The van der Waals surface area contributed by atoms with Crippen LogP contribution in [0.4, 0.5) is 0 Å². The minimum atomic E-state index is 0.919. The molecule has 0 aliphatic rings. The van der Waals surface area contributed by atoms with E-state index >= 15 is 0 Å². The summed E-state index contributed by atoms with van der Waals surface area (Å²) in [7, 11) is 0. The quantitative estimate of drug-likeness (QED) is 0.249. The summed E-state index contributed by atoms with van der Waals surface area (Å²) in [5.41, 5.74) is 5.41. The third-order valence-electron chi connectivity index (χ3n) is 6.79. The Morgan fingerprint density at radius 2 is 1.24 bits per heavy atom. The van der Waals surface area contributed by atoms with Crippen molar-refractivity contribution in [1.29, 1.82) is 0 Å². The molecule has 0 atom stereocenters. The molecule has 2 nitrogen and oxygen atoms in total. The first-order chi connectivity index (χ1) is 16.3. The molecule has 0 radical (unpaired) electrons. The second kappa shape index (κ2) is 6.25. The molecule has 0 saturated heterocycles. The van der Waals surface area contributed by atoms with Crippen LogP contribution >= 0.6 is 11.3 Å². The summed E-state index contributed by atoms with van der Waals surface area (Å²) in [6, 6.07) is 37.0. The van der Waals surface area contributed by atoms with Crippen LogP contribution in [0.25, 0.3) is 69.6 Å². The third-order valence-corrected chi connectivity index (χ3v) is 7.93. The zero-order valence-electron chi connectivity index (χ0n) is 17.6. The maximum absolute atomic E-state index is 6.21. The first-order valence-corrected chi connectivity index (χ1v) is 11.9. The van der Waals surface area contributed by atoms with Gasteiger partial charge in [-0.1, -0.05) is 54.6 Å². The van der Waals surface area contributed by atoms with Gasteiger partial charge in [0, 0.05) is 53.5 Å². The smallest absolute Gasteiger partial charge is 0.137 e. The van der Waals surface area contributed by atoms with Crippen molar-refractivity contribution in [2.45, 2.75) is 0 Å². The lowest BCUT2D eigenvalue weighted by Gasteiger charge is -2.08. The third kappa shape index (κ3) is 2.32. The first-order valence-electron chi connectivity index (χ1n) is 11.1. The number of fused-ring (bicyclic) bond motifs is 9. The van der Waals surface area contributed by atoms with Crippen LogP contribution in [0.3, 0.4) is 0 Å². The fraction of sp³-hybridized carbons (Fsp3) is 0. The lowest BCUT2D eigenvalue weighted by Crippen LogP contribution is -1.93. The Balaban J connectivity index is 1.50. The fourth-order valence-electron chi connectivity index (χ4n) is 5.32. The number of rotatable bonds is 1. The van der Waals surface area contributed by atoms with Crippen molar-refractivity contribution in [3.8, 4) is 5.69 Å². The normalized spacial score (nSPS) is 12.2. The van der Waals surface area contributed by atoms with Crippen molar-refractivity contribution < 1.29 is 4.42 Å². The molecule has 3 aromatic heterocycles.